The second kappa shape index (κ2) is 7.55. The van der Waals surface area contributed by atoms with E-state index in [4.69, 9.17) is 4.42 Å². The molecular formula is C19H17FN2O2. The number of amides is 1. The maximum absolute atomic E-state index is 13.7. The molecule has 1 N–H and O–H groups in total. The first kappa shape index (κ1) is 15.9. The molecular weight excluding hydrogens is 307 g/mol. The highest BCUT2D eigenvalue weighted by Gasteiger charge is 2.10. The Hall–Kier alpha value is -2.95. The number of rotatable bonds is 6. The normalized spacial score (nSPS) is 10.5. The highest BCUT2D eigenvalue weighted by molar-refractivity contribution is 5.76. The summed E-state index contributed by atoms with van der Waals surface area (Å²) in [6.45, 7) is 0.472. The average molecular weight is 324 g/mol. The van der Waals surface area contributed by atoms with Crippen LogP contribution in [0.25, 0.3) is 11.3 Å². The van der Waals surface area contributed by atoms with Crippen LogP contribution in [0.3, 0.4) is 0 Å². The highest BCUT2D eigenvalue weighted by Crippen LogP contribution is 2.25. The molecule has 0 aliphatic rings. The van der Waals surface area contributed by atoms with Crippen LogP contribution < -0.4 is 5.32 Å². The monoisotopic (exact) mass is 324 g/mol. The van der Waals surface area contributed by atoms with E-state index in [1.165, 1.54) is 6.07 Å². The van der Waals surface area contributed by atoms with E-state index in [0.29, 0.717) is 36.5 Å². The Labute approximate surface area is 139 Å². The smallest absolute Gasteiger partial charge is 0.220 e. The molecule has 0 bridgehead atoms. The zero-order chi connectivity index (χ0) is 16.8. The van der Waals surface area contributed by atoms with Crippen LogP contribution in [0.2, 0.25) is 0 Å². The summed E-state index contributed by atoms with van der Waals surface area (Å²) in [6.07, 6.45) is 4.16. The maximum Gasteiger partial charge on any atom is 0.220 e. The van der Waals surface area contributed by atoms with E-state index in [0.717, 1.165) is 5.56 Å². The van der Waals surface area contributed by atoms with Crippen molar-refractivity contribution in [3.8, 4) is 11.3 Å². The van der Waals surface area contributed by atoms with Crippen LogP contribution in [0, 0.1) is 5.82 Å². The van der Waals surface area contributed by atoms with Gasteiger partial charge in [-0.05, 0) is 42.0 Å². The number of benzene rings is 1. The minimum absolute atomic E-state index is 0.0596. The molecule has 0 saturated heterocycles. The van der Waals surface area contributed by atoms with Crippen molar-refractivity contribution in [2.75, 3.05) is 0 Å². The first-order valence-corrected chi connectivity index (χ1v) is 7.71. The minimum atomic E-state index is -0.325. The predicted octanol–water partition coefficient (Wildman–Crippen LogP) is 3.73. The van der Waals surface area contributed by atoms with Gasteiger partial charge in [0.2, 0.25) is 5.91 Å². The number of carbonyl (C=O) groups excluding carboxylic acids is 1. The van der Waals surface area contributed by atoms with Crippen molar-refractivity contribution in [2.45, 2.75) is 19.4 Å². The molecule has 0 unspecified atom stereocenters. The van der Waals surface area contributed by atoms with Gasteiger partial charge < -0.3 is 9.73 Å². The van der Waals surface area contributed by atoms with Gasteiger partial charge in [0.05, 0.1) is 5.56 Å². The number of nitrogens with one attached hydrogen (secondary N) is 1. The Morgan fingerprint density at radius 1 is 1.08 bits per heavy atom. The van der Waals surface area contributed by atoms with E-state index < -0.39 is 0 Å². The number of carbonyl (C=O) groups is 1. The summed E-state index contributed by atoms with van der Waals surface area (Å²) < 4.78 is 19.4. The van der Waals surface area contributed by atoms with E-state index in [9.17, 15) is 9.18 Å². The third kappa shape index (κ3) is 4.07. The van der Waals surface area contributed by atoms with Gasteiger partial charge >= 0.3 is 0 Å². The molecule has 3 rings (SSSR count). The number of hydrogen-bond donors (Lipinski definition) is 1. The largest absolute Gasteiger partial charge is 0.461 e. The predicted molar refractivity (Wildman–Crippen MR) is 88.5 cm³/mol. The number of nitrogens with zero attached hydrogens (tertiary/aromatic N) is 1. The van der Waals surface area contributed by atoms with Gasteiger partial charge in [-0.25, -0.2) is 4.39 Å². The lowest BCUT2D eigenvalue weighted by Crippen LogP contribution is -2.22. The Kier molecular flexibility index (Phi) is 5.01. The summed E-state index contributed by atoms with van der Waals surface area (Å²) in [5, 5.41) is 2.85. The molecule has 1 aromatic carbocycles. The zero-order valence-corrected chi connectivity index (χ0v) is 13.0. The number of pyridine rings is 1. The van der Waals surface area contributed by atoms with Gasteiger partial charge in [-0.2, -0.15) is 0 Å². The van der Waals surface area contributed by atoms with Crippen molar-refractivity contribution in [2.24, 2.45) is 0 Å². The van der Waals surface area contributed by atoms with Crippen LogP contribution in [0.5, 0.6) is 0 Å². The molecule has 0 atom stereocenters. The third-order valence-corrected chi connectivity index (χ3v) is 3.64. The molecule has 0 aliphatic heterocycles. The summed E-state index contributed by atoms with van der Waals surface area (Å²) in [4.78, 5) is 15.8. The molecule has 2 heterocycles. The van der Waals surface area contributed by atoms with Gasteiger partial charge in [-0.1, -0.05) is 12.1 Å². The molecule has 0 saturated carbocycles. The van der Waals surface area contributed by atoms with Crippen molar-refractivity contribution >= 4 is 5.91 Å². The molecule has 2 aromatic heterocycles. The van der Waals surface area contributed by atoms with Crippen LogP contribution in [0.15, 0.2) is 65.3 Å². The third-order valence-electron chi connectivity index (χ3n) is 3.64. The van der Waals surface area contributed by atoms with E-state index >= 15 is 0 Å². The molecule has 0 aliphatic carbocycles. The minimum Gasteiger partial charge on any atom is -0.461 e. The van der Waals surface area contributed by atoms with Gasteiger partial charge in [-0.3, -0.25) is 9.78 Å². The summed E-state index contributed by atoms with van der Waals surface area (Å²) in [6, 6.07) is 13.7. The van der Waals surface area contributed by atoms with Crippen LogP contribution in [-0.2, 0) is 17.8 Å². The fourth-order valence-electron chi connectivity index (χ4n) is 2.34. The van der Waals surface area contributed by atoms with Gasteiger partial charge in [0.15, 0.2) is 0 Å². The van der Waals surface area contributed by atoms with Crippen molar-refractivity contribution < 1.29 is 13.6 Å². The lowest BCUT2D eigenvalue weighted by Gasteiger charge is -2.04. The SMILES string of the molecule is O=C(CCc1ccc(-c2ccccc2F)o1)NCc1ccncc1. The second-order valence-corrected chi connectivity index (χ2v) is 5.38. The van der Waals surface area contributed by atoms with Crippen LogP contribution >= 0.6 is 0 Å². The molecule has 122 valence electrons. The molecule has 0 spiro atoms. The number of halogens is 1. The number of aromatic nitrogens is 1. The topological polar surface area (TPSA) is 55.1 Å². The van der Waals surface area contributed by atoms with Crippen molar-refractivity contribution in [3.63, 3.8) is 0 Å². The molecule has 4 nitrogen and oxygen atoms in total. The van der Waals surface area contributed by atoms with Gasteiger partial charge in [0.25, 0.3) is 0 Å². The van der Waals surface area contributed by atoms with E-state index in [1.807, 2.05) is 12.1 Å². The fraction of sp³-hybridized carbons (Fsp3) is 0.158. The molecule has 0 fully saturated rings. The van der Waals surface area contributed by atoms with Gasteiger partial charge in [0, 0.05) is 31.8 Å². The zero-order valence-electron chi connectivity index (χ0n) is 13.0. The lowest BCUT2D eigenvalue weighted by atomic mass is 10.1. The first-order valence-electron chi connectivity index (χ1n) is 7.71. The molecule has 24 heavy (non-hydrogen) atoms. The van der Waals surface area contributed by atoms with Gasteiger partial charge in [0.1, 0.15) is 17.3 Å². The Bertz CT molecular complexity index is 815. The van der Waals surface area contributed by atoms with Crippen molar-refractivity contribution in [1.29, 1.82) is 0 Å². The lowest BCUT2D eigenvalue weighted by molar-refractivity contribution is -0.121. The summed E-state index contributed by atoms with van der Waals surface area (Å²) in [5.74, 6) is 0.747. The summed E-state index contributed by atoms with van der Waals surface area (Å²) in [5.41, 5.74) is 1.42. The Morgan fingerprint density at radius 3 is 2.67 bits per heavy atom. The number of hydrogen-bond acceptors (Lipinski definition) is 3. The van der Waals surface area contributed by atoms with Crippen LogP contribution in [0.4, 0.5) is 4.39 Å². The van der Waals surface area contributed by atoms with Crippen molar-refractivity contribution in [1.82, 2.24) is 10.3 Å². The van der Waals surface area contributed by atoms with E-state index in [2.05, 4.69) is 10.3 Å². The van der Waals surface area contributed by atoms with Gasteiger partial charge in [-0.15, -0.1) is 0 Å². The quantitative estimate of drug-likeness (QED) is 0.751. The first-order chi connectivity index (χ1) is 11.7. The van der Waals surface area contributed by atoms with Crippen LogP contribution in [-0.4, -0.2) is 10.9 Å². The number of furan rings is 1. The average Bonchev–Trinajstić information content (AvgIpc) is 3.08. The molecule has 5 heteroatoms. The Morgan fingerprint density at radius 2 is 1.88 bits per heavy atom. The molecule has 1 amide bonds. The summed E-state index contributed by atoms with van der Waals surface area (Å²) >= 11 is 0. The second-order valence-electron chi connectivity index (χ2n) is 5.38. The Balaban J connectivity index is 1.52. The molecule has 3 aromatic rings. The van der Waals surface area contributed by atoms with Crippen molar-refractivity contribution in [3.05, 3.63) is 78.1 Å². The standard InChI is InChI=1S/C19H17FN2O2/c20-17-4-2-1-3-16(17)18-7-5-15(24-18)6-8-19(23)22-13-14-9-11-21-12-10-14/h1-5,7,9-12H,6,8,13H2,(H,22,23). The number of aryl methyl sites for hydroxylation is 1. The van der Waals surface area contributed by atoms with E-state index in [1.54, 1.807) is 42.7 Å². The molecule has 0 radical (unpaired) electrons. The fourth-order valence-corrected chi connectivity index (χ4v) is 2.34. The van der Waals surface area contributed by atoms with Crippen LogP contribution in [0.1, 0.15) is 17.7 Å². The van der Waals surface area contributed by atoms with E-state index in [-0.39, 0.29) is 11.7 Å². The maximum atomic E-state index is 13.7. The summed E-state index contributed by atoms with van der Waals surface area (Å²) in [7, 11) is 0. The highest BCUT2D eigenvalue weighted by atomic mass is 19.1.